The zero-order valence-electron chi connectivity index (χ0n) is 13.3. The van der Waals surface area contributed by atoms with Crippen LogP contribution < -0.4 is 0 Å². The predicted molar refractivity (Wildman–Crippen MR) is 101 cm³/mol. The molecule has 6 nitrogen and oxygen atoms in total. The van der Waals surface area contributed by atoms with E-state index in [1.165, 1.54) is 30.3 Å². The maximum absolute atomic E-state index is 13.8. The van der Waals surface area contributed by atoms with Crippen LogP contribution in [0, 0.1) is 15.9 Å². The van der Waals surface area contributed by atoms with Crippen molar-refractivity contribution < 1.29 is 18.9 Å². The molecule has 10 heteroatoms. The van der Waals surface area contributed by atoms with Crippen LogP contribution in [0.1, 0.15) is 11.1 Å². The Hall–Kier alpha value is -2.42. The first-order valence-electron chi connectivity index (χ1n) is 7.40. The Balaban J connectivity index is 1.92. The number of rotatable bonds is 4. The van der Waals surface area contributed by atoms with Crippen molar-refractivity contribution >= 4 is 57.9 Å². The number of hydrogen-bond acceptors (Lipinski definition) is 5. The molecule has 27 heavy (non-hydrogen) atoms. The lowest BCUT2D eigenvalue weighted by atomic mass is 10.1. The molecule has 0 aromatic heterocycles. The summed E-state index contributed by atoms with van der Waals surface area (Å²) in [5.41, 5.74) is -0.0109. The summed E-state index contributed by atoms with van der Waals surface area (Å²) in [4.78, 5) is 35.9. The number of benzene rings is 2. The molecule has 0 N–H and O–H groups in total. The van der Waals surface area contributed by atoms with E-state index in [1.807, 2.05) is 0 Å². The smallest absolute Gasteiger partial charge is 0.268 e. The number of hydrogen-bond donors (Lipinski definition) is 0. The predicted octanol–water partition coefficient (Wildman–Crippen LogP) is 5.28. The Bertz CT molecular complexity index is 1010. The summed E-state index contributed by atoms with van der Waals surface area (Å²) in [7, 11) is 0. The number of thioether (sulfide) groups is 1. The van der Waals surface area contributed by atoms with Gasteiger partial charge in [-0.3, -0.25) is 24.6 Å². The summed E-state index contributed by atoms with van der Waals surface area (Å²) in [5.74, 6) is -1.17. The van der Waals surface area contributed by atoms with Gasteiger partial charge in [0.05, 0.1) is 16.4 Å². The van der Waals surface area contributed by atoms with E-state index >= 15 is 0 Å². The van der Waals surface area contributed by atoms with Gasteiger partial charge in [0.2, 0.25) is 0 Å². The summed E-state index contributed by atoms with van der Waals surface area (Å²) in [5, 5.41) is 10.4. The molecule has 0 saturated carbocycles. The molecule has 2 amide bonds. The SMILES string of the molecule is O=C1S/C(=C\c2cc([N+](=O)[O-])c(Cl)cc2Cl)C(=O)N1Cc1ccccc1F. The third-order valence-electron chi connectivity index (χ3n) is 3.71. The van der Waals surface area contributed by atoms with Crippen LogP contribution in [-0.4, -0.2) is 21.0 Å². The van der Waals surface area contributed by atoms with Crippen molar-refractivity contribution in [3.63, 3.8) is 0 Å². The van der Waals surface area contributed by atoms with E-state index in [0.29, 0.717) is 11.8 Å². The quantitative estimate of drug-likeness (QED) is 0.377. The van der Waals surface area contributed by atoms with Crippen LogP contribution in [0.4, 0.5) is 14.9 Å². The van der Waals surface area contributed by atoms with Crippen LogP contribution in [0.15, 0.2) is 41.3 Å². The third-order valence-corrected chi connectivity index (χ3v) is 5.25. The van der Waals surface area contributed by atoms with Gasteiger partial charge in [-0.1, -0.05) is 41.4 Å². The molecule has 1 heterocycles. The van der Waals surface area contributed by atoms with Gasteiger partial charge < -0.3 is 0 Å². The molecule has 0 unspecified atom stereocenters. The van der Waals surface area contributed by atoms with Crippen LogP contribution in [-0.2, 0) is 11.3 Å². The van der Waals surface area contributed by atoms with Crippen molar-refractivity contribution in [1.82, 2.24) is 4.90 Å². The number of nitrogens with zero attached hydrogens (tertiary/aromatic N) is 2. The van der Waals surface area contributed by atoms with Gasteiger partial charge in [0.15, 0.2) is 0 Å². The van der Waals surface area contributed by atoms with Crippen molar-refractivity contribution in [3.05, 3.63) is 78.4 Å². The normalized spacial score (nSPS) is 15.7. The molecule has 0 atom stereocenters. The summed E-state index contributed by atoms with van der Waals surface area (Å²) in [6.45, 7) is -0.219. The fourth-order valence-electron chi connectivity index (χ4n) is 2.38. The molecule has 2 aromatic carbocycles. The molecule has 0 radical (unpaired) electrons. The van der Waals surface area contributed by atoms with Gasteiger partial charge >= 0.3 is 0 Å². The van der Waals surface area contributed by atoms with Gasteiger partial charge in [-0.15, -0.1) is 0 Å². The number of halogens is 3. The highest BCUT2D eigenvalue weighted by atomic mass is 35.5. The molecule has 1 fully saturated rings. The monoisotopic (exact) mass is 426 g/mol. The molecule has 0 bridgehead atoms. The van der Waals surface area contributed by atoms with Crippen LogP contribution in [0.25, 0.3) is 6.08 Å². The fourth-order valence-corrected chi connectivity index (χ4v) is 3.71. The minimum Gasteiger partial charge on any atom is -0.268 e. The number of amides is 2. The maximum atomic E-state index is 13.8. The van der Waals surface area contributed by atoms with E-state index in [0.717, 1.165) is 11.0 Å². The van der Waals surface area contributed by atoms with Gasteiger partial charge in [-0.25, -0.2) is 4.39 Å². The molecule has 1 aliphatic heterocycles. The summed E-state index contributed by atoms with van der Waals surface area (Å²) in [6, 6.07) is 8.12. The van der Waals surface area contributed by atoms with Crippen LogP contribution >= 0.6 is 35.0 Å². The number of nitro benzene ring substituents is 1. The Morgan fingerprint density at radius 3 is 2.56 bits per heavy atom. The molecular weight excluding hydrogens is 418 g/mol. The van der Waals surface area contributed by atoms with E-state index in [2.05, 4.69) is 0 Å². The lowest BCUT2D eigenvalue weighted by molar-refractivity contribution is -0.384. The highest BCUT2D eigenvalue weighted by Crippen LogP contribution is 2.37. The molecule has 0 spiro atoms. The zero-order valence-corrected chi connectivity index (χ0v) is 15.6. The lowest BCUT2D eigenvalue weighted by Crippen LogP contribution is -2.27. The van der Waals surface area contributed by atoms with Gasteiger partial charge in [-0.2, -0.15) is 0 Å². The Kier molecular flexibility index (Phi) is 5.50. The van der Waals surface area contributed by atoms with Crippen molar-refractivity contribution in [2.45, 2.75) is 6.54 Å². The molecule has 1 aliphatic rings. The Morgan fingerprint density at radius 2 is 1.89 bits per heavy atom. The molecular formula is C17H9Cl2FN2O4S. The van der Waals surface area contributed by atoms with Gasteiger partial charge in [0.25, 0.3) is 16.8 Å². The summed E-state index contributed by atoms with van der Waals surface area (Å²) in [6.07, 6.45) is 1.28. The number of nitro groups is 1. The average molecular weight is 427 g/mol. The standard InChI is InChI=1S/C17H9Cl2FN2O4S/c18-11-7-12(19)14(22(25)26)5-10(11)6-15-16(23)21(17(24)27-15)8-9-3-1-2-4-13(9)20/h1-7H,8H2/b15-6-. The van der Waals surface area contributed by atoms with E-state index in [-0.39, 0.29) is 38.3 Å². The fraction of sp³-hybridized carbons (Fsp3) is 0.0588. The number of carbonyl (C=O) groups is 2. The first kappa shape index (κ1) is 19.3. The molecule has 1 saturated heterocycles. The third kappa shape index (κ3) is 3.97. The first-order valence-corrected chi connectivity index (χ1v) is 8.97. The van der Waals surface area contributed by atoms with Crippen LogP contribution in [0.3, 0.4) is 0 Å². The summed E-state index contributed by atoms with van der Waals surface area (Å²) >= 11 is 12.5. The van der Waals surface area contributed by atoms with Crippen molar-refractivity contribution in [2.24, 2.45) is 0 Å². The maximum Gasteiger partial charge on any atom is 0.293 e. The minimum atomic E-state index is -0.681. The lowest BCUT2D eigenvalue weighted by Gasteiger charge is -2.12. The highest BCUT2D eigenvalue weighted by Gasteiger charge is 2.35. The molecule has 0 aliphatic carbocycles. The Morgan fingerprint density at radius 1 is 1.19 bits per heavy atom. The largest absolute Gasteiger partial charge is 0.293 e. The van der Waals surface area contributed by atoms with Crippen molar-refractivity contribution in [2.75, 3.05) is 0 Å². The number of imide groups is 1. The minimum absolute atomic E-state index is 0.0230. The first-order chi connectivity index (χ1) is 12.8. The number of carbonyl (C=O) groups excluding carboxylic acids is 2. The second-order valence-electron chi connectivity index (χ2n) is 5.44. The molecule has 3 rings (SSSR count). The van der Waals surface area contributed by atoms with E-state index in [9.17, 15) is 24.1 Å². The molecule has 138 valence electrons. The van der Waals surface area contributed by atoms with E-state index in [4.69, 9.17) is 23.2 Å². The molecule has 2 aromatic rings. The van der Waals surface area contributed by atoms with Gasteiger partial charge in [-0.05, 0) is 30.0 Å². The van der Waals surface area contributed by atoms with E-state index in [1.54, 1.807) is 6.07 Å². The van der Waals surface area contributed by atoms with Crippen LogP contribution in [0.2, 0.25) is 10.0 Å². The Labute approximate surface area is 166 Å². The average Bonchev–Trinajstić information content (AvgIpc) is 2.86. The highest BCUT2D eigenvalue weighted by molar-refractivity contribution is 8.18. The van der Waals surface area contributed by atoms with Crippen molar-refractivity contribution in [1.29, 1.82) is 0 Å². The topological polar surface area (TPSA) is 80.5 Å². The summed E-state index contributed by atoms with van der Waals surface area (Å²) < 4.78 is 13.8. The second-order valence-corrected chi connectivity index (χ2v) is 7.25. The second kappa shape index (κ2) is 7.67. The van der Waals surface area contributed by atoms with Crippen molar-refractivity contribution in [3.8, 4) is 0 Å². The van der Waals surface area contributed by atoms with Gasteiger partial charge in [0, 0.05) is 22.2 Å². The zero-order chi connectivity index (χ0) is 19.7. The van der Waals surface area contributed by atoms with E-state index < -0.39 is 21.9 Å². The van der Waals surface area contributed by atoms with Gasteiger partial charge in [0.1, 0.15) is 10.8 Å². The van der Waals surface area contributed by atoms with Crippen LogP contribution in [0.5, 0.6) is 0 Å².